The molecule has 2 aromatic heterocycles. The van der Waals surface area contributed by atoms with Crippen LogP contribution in [0.3, 0.4) is 0 Å². The van der Waals surface area contributed by atoms with Gasteiger partial charge in [0.15, 0.2) is 5.65 Å². The van der Waals surface area contributed by atoms with Crippen LogP contribution in [0.1, 0.15) is 58.2 Å². The van der Waals surface area contributed by atoms with E-state index in [0.717, 1.165) is 17.4 Å². The highest BCUT2D eigenvalue weighted by Gasteiger charge is 2.19. The molecule has 0 aliphatic heterocycles. The zero-order chi connectivity index (χ0) is 21.8. The Morgan fingerprint density at radius 1 is 1.20 bits per heavy atom. The number of carbonyl (C=O) groups is 1. The van der Waals surface area contributed by atoms with Gasteiger partial charge in [0.25, 0.3) is 5.56 Å². The minimum absolute atomic E-state index is 0.0362. The SMILES string of the molecule is Cc1nc(SCCC(=O)NC2CCCCC2)c2c(=O)n(C)c(=O)n(CC(C)C)c2n1. The molecule has 1 saturated carbocycles. The van der Waals surface area contributed by atoms with Crippen molar-refractivity contribution in [1.29, 1.82) is 0 Å². The summed E-state index contributed by atoms with van der Waals surface area (Å²) in [5.74, 6) is 1.27. The molecule has 8 nitrogen and oxygen atoms in total. The average molecular weight is 434 g/mol. The fourth-order valence-corrected chi connectivity index (χ4v) is 4.86. The van der Waals surface area contributed by atoms with Crippen molar-refractivity contribution < 1.29 is 4.79 Å². The molecule has 1 aliphatic rings. The maximum Gasteiger partial charge on any atom is 0.332 e. The standard InChI is InChI=1S/C21H31N5O3S/c1-13(2)12-26-18-17(20(28)25(4)21(26)29)19(23-14(3)22-18)30-11-10-16(27)24-15-8-6-5-7-9-15/h13,15H,5-12H2,1-4H3,(H,24,27). The largest absolute Gasteiger partial charge is 0.353 e. The molecular weight excluding hydrogens is 402 g/mol. The van der Waals surface area contributed by atoms with Gasteiger partial charge in [-0.15, -0.1) is 11.8 Å². The maximum atomic E-state index is 12.9. The topological polar surface area (TPSA) is 98.9 Å². The van der Waals surface area contributed by atoms with Crippen molar-refractivity contribution in [3.63, 3.8) is 0 Å². The second-order valence-corrected chi connectivity index (χ2v) is 9.51. The molecule has 9 heteroatoms. The molecule has 1 amide bonds. The number of amides is 1. The van der Waals surface area contributed by atoms with E-state index in [9.17, 15) is 14.4 Å². The van der Waals surface area contributed by atoms with Gasteiger partial charge in [0.2, 0.25) is 5.91 Å². The third-order valence-electron chi connectivity index (χ3n) is 5.35. The summed E-state index contributed by atoms with van der Waals surface area (Å²) in [6, 6.07) is 0.288. The molecule has 0 saturated heterocycles. The lowest BCUT2D eigenvalue weighted by Gasteiger charge is -2.22. The third kappa shape index (κ3) is 5.11. The summed E-state index contributed by atoms with van der Waals surface area (Å²) in [7, 11) is 1.48. The number of aryl methyl sites for hydroxylation is 1. The number of aromatic nitrogens is 4. The van der Waals surface area contributed by atoms with Crippen molar-refractivity contribution in [2.45, 2.75) is 76.9 Å². The molecular formula is C21H31N5O3S. The number of hydrogen-bond acceptors (Lipinski definition) is 6. The smallest absolute Gasteiger partial charge is 0.332 e. The summed E-state index contributed by atoms with van der Waals surface area (Å²) < 4.78 is 2.67. The molecule has 0 spiro atoms. The molecule has 2 aromatic rings. The van der Waals surface area contributed by atoms with Gasteiger partial charge >= 0.3 is 5.69 Å². The van der Waals surface area contributed by atoms with Crippen molar-refractivity contribution in [3.8, 4) is 0 Å². The Hall–Kier alpha value is -2.16. The minimum Gasteiger partial charge on any atom is -0.353 e. The van der Waals surface area contributed by atoms with Crippen molar-refractivity contribution in [3.05, 3.63) is 26.7 Å². The summed E-state index contributed by atoms with van der Waals surface area (Å²) >= 11 is 1.37. The fourth-order valence-electron chi connectivity index (χ4n) is 3.86. The van der Waals surface area contributed by atoms with Crippen LogP contribution in [-0.2, 0) is 18.4 Å². The van der Waals surface area contributed by atoms with E-state index in [4.69, 9.17) is 0 Å². The zero-order valence-electron chi connectivity index (χ0n) is 18.2. The van der Waals surface area contributed by atoms with Gasteiger partial charge in [-0.3, -0.25) is 18.7 Å². The molecule has 0 atom stereocenters. The Kier molecular flexibility index (Phi) is 7.33. The summed E-state index contributed by atoms with van der Waals surface area (Å²) in [6.45, 7) is 6.24. The van der Waals surface area contributed by atoms with Crippen LogP contribution in [0.25, 0.3) is 11.0 Å². The molecule has 164 valence electrons. The first-order valence-corrected chi connectivity index (χ1v) is 11.7. The average Bonchev–Trinajstić information content (AvgIpc) is 2.69. The van der Waals surface area contributed by atoms with Crippen LogP contribution >= 0.6 is 11.8 Å². The summed E-state index contributed by atoms with van der Waals surface area (Å²) in [6.07, 6.45) is 6.06. The van der Waals surface area contributed by atoms with Crippen molar-refractivity contribution in [2.24, 2.45) is 13.0 Å². The van der Waals surface area contributed by atoms with Crippen molar-refractivity contribution >= 4 is 28.7 Å². The molecule has 30 heavy (non-hydrogen) atoms. The first-order valence-electron chi connectivity index (χ1n) is 10.7. The fraction of sp³-hybridized carbons (Fsp3) is 0.667. The number of rotatable bonds is 7. The van der Waals surface area contributed by atoms with E-state index in [1.54, 1.807) is 11.5 Å². The van der Waals surface area contributed by atoms with Gasteiger partial charge in [0, 0.05) is 31.8 Å². The van der Waals surface area contributed by atoms with Crippen molar-refractivity contribution in [1.82, 2.24) is 24.4 Å². The van der Waals surface area contributed by atoms with Crippen molar-refractivity contribution in [2.75, 3.05) is 5.75 Å². The minimum atomic E-state index is -0.399. The number of fused-ring (bicyclic) bond motifs is 1. The predicted octanol–water partition coefficient (Wildman–Crippen LogP) is 2.39. The van der Waals surface area contributed by atoms with E-state index >= 15 is 0 Å². The lowest BCUT2D eigenvalue weighted by molar-refractivity contribution is -0.121. The Morgan fingerprint density at radius 2 is 1.90 bits per heavy atom. The molecule has 0 aromatic carbocycles. The molecule has 1 aliphatic carbocycles. The van der Waals surface area contributed by atoms with Gasteiger partial charge in [-0.2, -0.15) is 0 Å². The van der Waals surface area contributed by atoms with Crippen LogP contribution in [0.2, 0.25) is 0 Å². The van der Waals surface area contributed by atoms with E-state index in [2.05, 4.69) is 15.3 Å². The third-order valence-corrected chi connectivity index (χ3v) is 6.32. The molecule has 0 radical (unpaired) electrons. The second-order valence-electron chi connectivity index (χ2n) is 8.43. The summed E-state index contributed by atoms with van der Waals surface area (Å²) in [4.78, 5) is 46.7. The molecule has 0 bridgehead atoms. The van der Waals surface area contributed by atoms with Crippen LogP contribution < -0.4 is 16.6 Å². The van der Waals surface area contributed by atoms with Crippen LogP contribution in [-0.4, -0.2) is 36.8 Å². The highest BCUT2D eigenvalue weighted by molar-refractivity contribution is 7.99. The molecule has 1 N–H and O–H groups in total. The van der Waals surface area contributed by atoms with Crippen LogP contribution in [0, 0.1) is 12.8 Å². The monoisotopic (exact) mass is 433 g/mol. The van der Waals surface area contributed by atoms with Gasteiger partial charge in [0.05, 0.1) is 0 Å². The number of nitrogens with zero attached hydrogens (tertiary/aromatic N) is 4. The first kappa shape index (κ1) is 22.5. The summed E-state index contributed by atoms with van der Waals surface area (Å²) in [5, 5.41) is 3.99. The maximum absolute atomic E-state index is 12.9. The molecule has 2 heterocycles. The number of carbonyl (C=O) groups excluding carboxylic acids is 1. The highest BCUT2D eigenvalue weighted by atomic mass is 32.2. The van der Waals surface area contributed by atoms with E-state index < -0.39 is 5.56 Å². The van der Waals surface area contributed by atoms with Gasteiger partial charge in [-0.1, -0.05) is 33.1 Å². The molecule has 1 fully saturated rings. The molecule has 0 unspecified atom stereocenters. The van der Waals surface area contributed by atoms with Gasteiger partial charge in [-0.25, -0.2) is 14.8 Å². The van der Waals surface area contributed by atoms with E-state index in [-0.39, 0.29) is 23.6 Å². The predicted molar refractivity (Wildman–Crippen MR) is 119 cm³/mol. The van der Waals surface area contributed by atoms with Gasteiger partial charge < -0.3 is 5.32 Å². The van der Waals surface area contributed by atoms with Gasteiger partial charge in [0.1, 0.15) is 16.2 Å². The van der Waals surface area contributed by atoms with E-state index in [1.165, 1.54) is 38.1 Å². The normalized spacial score (nSPS) is 15.1. The Morgan fingerprint density at radius 3 is 2.57 bits per heavy atom. The lowest BCUT2D eigenvalue weighted by Crippen LogP contribution is -2.39. The highest BCUT2D eigenvalue weighted by Crippen LogP contribution is 2.23. The van der Waals surface area contributed by atoms with Gasteiger partial charge in [-0.05, 0) is 25.7 Å². The number of hydrogen-bond donors (Lipinski definition) is 1. The van der Waals surface area contributed by atoms with Crippen LogP contribution in [0.4, 0.5) is 0 Å². The zero-order valence-corrected chi connectivity index (χ0v) is 19.0. The first-order chi connectivity index (χ1) is 14.3. The Labute approximate surface area is 180 Å². The van der Waals surface area contributed by atoms with Crippen LogP contribution in [0.15, 0.2) is 14.6 Å². The number of nitrogens with one attached hydrogen (secondary N) is 1. The number of thioether (sulfide) groups is 1. The lowest BCUT2D eigenvalue weighted by atomic mass is 9.95. The summed E-state index contributed by atoms with van der Waals surface area (Å²) in [5.41, 5.74) is -0.398. The molecule has 3 rings (SSSR count). The second kappa shape index (κ2) is 9.76. The quantitative estimate of drug-likeness (QED) is 0.532. The Balaban J connectivity index is 1.83. The van der Waals surface area contributed by atoms with E-state index in [0.29, 0.717) is 40.6 Å². The van der Waals surface area contributed by atoms with Crippen LogP contribution in [0.5, 0.6) is 0 Å². The Bertz CT molecular complexity index is 1040. The van der Waals surface area contributed by atoms with E-state index in [1.807, 2.05) is 13.8 Å².